The van der Waals surface area contributed by atoms with Crippen molar-refractivity contribution in [2.75, 3.05) is 6.54 Å². The molecule has 6 nitrogen and oxygen atoms in total. The van der Waals surface area contributed by atoms with Crippen LogP contribution in [0.25, 0.3) is 0 Å². The van der Waals surface area contributed by atoms with E-state index in [1.807, 2.05) is 0 Å². The number of aliphatic carboxylic acids is 1. The van der Waals surface area contributed by atoms with Gasteiger partial charge in [-0.25, -0.2) is 0 Å². The maximum absolute atomic E-state index is 12.5. The maximum atomic E-state index is 12.5. The number of allylic oxidation sites excluding steroid dienone is 10. The van der Waals surface area contributed by atoms with Crippen LogP contribution in [0.3, 0.4) is 0 Å². The van der Waals surface area contributed by atoms with E-state index in [-0.39, 0.29) is 24.5 Å². The zero-order valence-corrected chi connectivity index (χ0v) is 28.0. The molecule has 0 saturated carbocycles. The Hall–Kier alpha value is -2.89. The second-order valence-electron chi connectivity index (χ2n) is 11.4. The van der Waals surface area contributed by atoms with Crippen LogP contribution in [0.2, 0.25) is 0 Å². The van der Waals surface area contributed by atoms with E-state index in [4.69, 9.17) is 9.84 Å². The van der Waals surface area contributed by atoms with Crippen molar-refractivity contribution < 1.29 is 24.2 Å². The fourth-order valence-electron chi connectivity index (χ4n) is 4.66. The number of carbonyl (C=O) groups is 3. The number of nitrogens with one attached hydrogen (secondary N) is 1. The molecule has 1 atom stereocenters. The Balaban J connectivity index is 3.99. The van der Waals surface area contributed by atoms with E-state index >= 15 is 0 Å². The second-order valence-corrected chi connectivity index (χ2v) is 11.4. The molecular formula is C38H63NO5. The summed E-state index contributed by atoms with van der Waals surface area (Å²) >= 11 is 0. The molecule has 250 valence electrons. The molecule has 0 radical (unpaired) electrons. The highest BCUT2D eigenvalue weighted by Crippen LogP contribution is 2.17. The van der Waals surface area contributed by atoms with Crippen LogP contribution in [0, 0.1) is 0 Å². The summed E-state index contributed by atoms with van der Waals surface area (Å²) in [4.78, 5) is 34.6. The van der Waals surface area contributed by atoms with Gasteiger partial charge in [0.1, 0.15) is 12.6 Å². The summed E-state index contributed by atoms with van der Waals surface area (Å²) in [5, 5.41) is 11.0. The highest BCUT2D eigenvalue weighted by Gasteiger charge is 2.14. The largest absolute Gasteiger partial charge is 0.480 e. The van der Waals surface area contributed by atoms with Gasteiger partial charge in [-0.3, -0.25) is 14.4 Å². The van der Waals surface area contributed by atoms with Crippen molar-refractivity contribution in [2.24, 2.45) is 0 Å². The van der Waals surface area contributed by atoms with Gasteiger partial charge in [-0.15, -0.1) is 0 Å². The molecule has 2 N–H and O–H groups in total. The van der Waals surface area contributed by atoms with Gasteiger partial charge in [0.25, 0.3) is 0 Å². The third-order valence-corrected chi connectivity index (χ3v) is 7.20. The van der Waals surface area contributed by atoms with Crippen LogP contribution in [0.15, 0.2) is 60.8 Å². The number of amides is 1. The Morgan fingerprint density at radius 1 is 0.614 bits per heavy atom. The fourth-order valence-corrected chi connectivity index (χ4v) is 4.66. The van der Waals surface area contributed by atoms with Crippen LogP contribution in [-0.4, -0.2) is 35.6 Å². The summed E-state index contributed by atoms with van der Waals surface area (Å²) in [5.41, 5.74) is 0. The van der Waals surface area contributed by atoms with Crippen LogP contribution < -0.4 is 5.32 Å². The van der Waals surface area contributed by atoms with Gasteiger partial charge < -0.3 is 15.2 Å². The van der Waals surface area contributed by atoms with E-state index in [9.17, 15) is 14.4 Å². The van der Waals surface area contributed by atoms with Crippen LogP contribution >= 0.6 is 0 Å². The van der Waals surface area contributed by atoms with Gasteiger partial charge in [0.2, 0.25) is 5.91 Å². The zero-order chi connectivity index (χ0) is 32.4. The van der Waals surface area contributed by atoms with Crippen molar-refractivity contribution >= 4 is 17.8 Å². The Bertz CT molecular complexity index is 855. The Labute approximate surface area is 269 Å². The topological polar surface area (TPSA) is 92.7 Å². The summed E-state index contributed by atoms with van der Waals surface area (Å²) in [7, 11) is 0. The molecule has 6 heteroatoms. The standard InChI is InChI=1S/C38H63NO5/c1-3-5-7-9-10-11-12-13-14-15-16-17-18-19-20-21-22-23-29-33-38(43)44-35(30-26-8-6-4-2)31-27-24-25-28-32-36(40)39-34-37(41)42/h5,7,10-11,13-14,16-17,19-20,35H,3-4,6,8-9,12,15,18,21-34H2,1-2H3,(H,39,40)(H,41,42)/b7-5-,11-10-,14-13-,17-16-,20-19-. The number of hydrogen-bond donors (Lipinski definition) is 2. The first kappa shape index (κ1) is 41.1. The maximum Gasteiger partial charge on any atom is 0.322 e. The number of carboxylic acids is 1. The first-order valence-electron chi connectivity index (χ1n) is 17.4. The average molecular weight is 614 g/mol. The predicted octanol–water partition coefficient (Wildman–Crippen LogP) is 10.1. The first-order chi connectivity index (χ1) is 21.5. The zero-order valence-electron chi connectivity index (χ0n) is 28.0. The molecule has 0 fully saturated rings. The van der Waals surface area contributed by atoms with Crippen molar-refractivity contribution in [2.45, 2.75) is 155 Å². The molecule has 0 heterocycles. The van der Waals surface area contributed by atoms with Gasteiger partial charge >= 0.3 is 11.9 Å². The molecule has 0 aliphatic carbocycles. The highest BCUT2D eigenvalue weighted by atomic mass is 16.5. The van der Waals surface area contributed by atoms with Crippen LogP contribution in [-0.2, 0) is 19.1 Å². The minimum atomic E-state index is -1.03. The molecule has 1 amide bonds. The lowest BCUT2D eigenvalue weighted by molar-refractivity contribution is -0.150. The Morgan fingerprint density at radius 2 is 1.11 bits per heavy atom. The van der Waals surface area contributed by atoms with Crippen LogP contribution in [0.4, 0.5) is 0 Å². The lowest BCUT2D eigenvalue weighted by Crippen LogP contribution is -2.28. The van der Waals surface area contributed by atoms with Gasteiger partial charge in [-0.2, -0.15) is 0 Å². The van der Waals surface area contributed by atoms with E-state index in [0.717, 1.165) is 103 Å². The molecule has 1 unspecified atom stereocenters. The van der Waals surface area contributed by atoms with E-state index in [0.29, 0.717) is 12.8 Å². The number of hydrogen-bond acceptors (Lipinski definition) is 4. The summed E-state index contributed by atoms with van der Waals surface area (Å²) in [6.45, 7) is 4.02. The highest BCUT2D eigenvalue weighted by molar-refractivity contribution is 5.80. The second kappa shape index (κ2) is 33.0. The number of carbonyl (C=O) groups excluding carboxylic acids is 2. The first-order valence-corrected chi connectivity index (χ1v) is 17.4. The van der Waals surface area contributed by atoms with Gasteiger partial charge in [0.05, 0.1) is 0 Å². The SMILES string of the molecule is CC/C=C\C/C=C\C/C=C\C/C=C\C/C=C\CCCCCC(=O)OC(CCCCCC)CCCCCCC(=O)NCC(=O)O. The van der Waals surface area contributed by atoms with Crippen molar-refractivity contribution in [1.29, 1.82) is 0 Å². The lowest BCUT2D eigenvalue weighted by Gasteiger charge is -2.18. The van der Waals surface area contributed by atoms with Crippen molar-refractivity contribution in [1.82, 2.24) is 5.32 Å². The van der Waals surface area contributed by atoms with E-state index in [1.54, 1.807) is 0 Å². The molecule has 0 saturated heterocycles. The molecule has 44 heavy (non-hydrogen) atoms. The van der Waals surface area contributed by atoms with Crippen molar-refractivity contribution in [3.05, 3.63) is 60.8 Å². The average Bonchev–Trinajstić information content (AvgIpc) is 3.00. The Morgan fingerprint density at radius 3 is 1.68 bits per heavy atom. The summed E-state index contributed by atoms with van der Waals surface area (Å²) in [5.74, 6) is -1.32. The lowest BCUT2D eigenvalue weighted by atomic mass is 10.0. The molecule has 0 aromatic heterocycles. The summed E-state index contributed by atoms with van der Waals surface area (Å²) < 4.78 is 5.88. The number of ether oxygens (including phenoxy) is 1. The molecule has 0 bridgehead atoms. The van der Waals surface area contributed by atoms with E-state index < -0.39 is 5.97 Å². The van der Waals surface area contributed by atoms with Gasteiger partial charge in [0, 0.05) is 12.8 Å². The summed E-state index contributed by atoms with van der Waals surface area (Å²) in [6.07, 6.45) is 42.1. The fraction of sp³-hybridized carbons (Fsp3) is 0.658. The molecule has 0 aliphatic heterocycles. The number of esters is 1. The minimum Gasteiger partial charge on any atom is -0.480 e. The smallest absolute Gasteiger partial charge is 0.322 e. The van der Waals surface area contributed by atoms with E-state index in [2.05, 4.69) is 79.9 Å². The predicted molar refractivity (Wildman–Crippen MR) is 185 cm³/mol. The van der Waals surface area contributed by atoms with Gasteiger partial charge in [-0.1, -0.05) is 113 Å². The molecule has 0 aliphatic rings. The van der Waals surface area contributed by atoms with Crippen molar-refractivity contribution in [3.8, 4) is 0 Å². The Kier molecular flexibility index (Phi) is 30.8. The molecule has 0 spiro atoms. The van der Waals surface area contributed by atoms with Gasteiger partial charge in [0.15, 0.2) is 0 Å². The third-order valence-electron chi connectivity index (χ3n) is 7.20. The molecular weight excluding hydrogens is 550 g/mol. The number of carboxylic acid groups (broad SMARTS) is 1. The molecule has 0 aromatic rings. The number of unbranched alkanes of at least 4 members (excludes halogenated alkanes) is 9. The number of rotatable bonds is 30. The van der Waals surface area contributed by atoms with Crippen LogP contribution in [0.5, 0.6) is 0 Å². The third kappa shape index (κ3) is 32.0. The van der Waals surface area contributed by atoms with Gasteiger partial charge in [-0.05, 0) is 83.5 Å². The summed E-state index contributed by atoms with van der Waals surface area (Å²) in [6, 6.07) is 0. The molecule has 0 aromatic carbocycles. The van der Waals surface area contributed by atoms with Crippen molar-refractivity contribution in [3.63, 3.8) is 0 Å². The monoisotopic (exact) mass is 613 g/mol. The van der Waals surface area contributed by atoms with E-state index in [1.165, 1.54) is 19.3 Å². The minimum absolute atomic E-state index is 0.0143. The normalized spacial score (nSPS) is 12.8. The molecule has 0 rings (SSSR count). The van der Waals surface area contributed by atoms with Crippen LogP contribution in [0.1, 0.15) is 149 Å². The quantitative estimate of drug-likeness (QED) is 0.0478.